The lowest BCUT2D eigenvalue weighted by Crippen LogP contribution is -2.45. The van der Waals surface area contributed by atoms with Gasteiger partial charge in [0.05, 0.1) is 42.7 Å². The van der Waals surface area contributed by atoms with Gasteiger partial charge in [-0.2, -0.15) is 0 Å². The van der Waals surface area contributed by atoms with Gasteiger partial charge in [0.2, 0.25) is 0 Å². The Hall–Kier alpha value is -7.10. The van der Waals surface area contributed by atoms with E-state index in [9.17, 15) is 0 Å². The second-order valence-corrected chi connectivity index (χ2v) is 27.1. The van der Waals surface area contributed by atoms with Crippen LogP contribution in [0.15, 0.2) is 218 Å². The molecule has 368 valence electrons. The molecule has 13 heteroatoms. The lowest BCUT2D eigenvalue weighted by molar-refractivity contribution is 0.355. The van der Waals surface area contributed by atoms with Crippen molar-refractivity contribution in [1.29, 1.82) is 0 Å². The van der Waals surface area contributed by atoms with Crippen LogP contribution in [-0.2, 0) is 13.7 Å². The zero-order valence-electron chi connectivity index (χ0n) is 41.2. The molecule has 9 aromatic carbocycles. The van der Waals surface area contributed by atoms with Crippen molar-refractivity contribution in [2.75, 3.05) is 42.7 Å². The van der Waals surface area contributed by atoms with Crippen LogP contribution in [0.5, 0.6) is 34.5 Å². The molecular weight excluding hydrogens is 989 g/mol. The van der Waals surface area contributed by atoms with E-state index in [0.29, 0.717) is 98.2 Å². The fourth-order valence-corrected chi connectivity index (χ4v) is 22.1. The molecule has 0 saturated carbocycles. The Morgan fingerprint density at radius 2 is 0.425 bits per heavy atom. The van der Waals surface area contributed by atoms with Gasteiger partial charge in [-0.15, -0.1) is 0 Å². The van der Waals surface area contributed by atoms with Crippen molar-refractivity contribution in [1.82, 2.24) is 0 Å². The maximum absolute atomic E-state index is 17.3. The van der Waals surface area contributed by atoms with E-state index >= 15 is 13.7 Å². The molecule has 0 aromatic heterocycles. The Balaban J connectivity index is 1.58. The molecule has 0 aliphatic carbocycles. The fourth-order valence-electron chi connectivity index (χ4n) is 9.37. The molecule has 0 aliphatic heterocycles. The third-order valence-electron chi connectivity index (χ3n) is 12.9. The largest absolute Gasteiger partial charge is 0.493 e. The molecule has 0 fully saturated rings. The SMILES string of the molecule is COc1cc(P(c2cc(OC)c(OC)cc2P(=O)(c2ccccc2)c2ccccc2)c2cc(OC)c(OC)cc2P(=O)(c2ccccc2)c2ccccc2)c(P(=O)(c2ccccc2)c2ccccc2)cc1OC. The summed E-state index contributed by atoms with van der Waals surface area (Å²) < 4.78 is 88.8. The summed E-state index contributed by atoms with van der Waals surface area (Å²) in [5.41, 5.74) is 0. The highest BCUT2D eigenvalue weighted by molar-refractivity contribution is 7.93. The quantitative estimate of drug-likeness (QED) is 0.0784. The number of benzene rings is 9. The van der Waals surface area contributed by atoms with Crippen LogP contribution in [0.3, 0.4) is 0 Å². The van der Waals surface area contributed by atoms with Crippen molar-refractivity contribution in [3.63, 3.8) is 0 Å². The zero-order chi connectivity index (χ0) is 51.2. The molecule has 0 bridgehead atoms. The molecule has 0 amide bonds. The predicted octanol–water partition coefficient (Wildman–Crippen LogP) is 8.41. The fraction of sp³-hybridized carbons (Fsp3) is 0.100. The highest BCUT2D eigenvalue weighted by atomic mass is 31.2. The van der Waals surface area contributed by atoms with Crippen LogP contribution in [0.4, 0.5) is 0 Å². The molecule has 0 saturated heterocycles. The van der Waals surface area contributed by atoms with E-state index in [4.69, 9.17) is 28.4 Å². The number of hydrogen-bond donors (Lipinski definition) is 0. The minimum absolute atomic E-state index is 0.335. The molecule has 9 nitrogen and oxygen atoms in total. The van der Waals surface area contributed by atoms with E-state index < -0.39 is 29.3 Å². The number of ether oxygens (including phenoxy) is 6. The highest BCUT2D eigenvalue weighted by Gasteiger charge is 2.44. The summed E-state index contributed by atoms with van der Waals surface area (Å²) in [7, 11) is -4.86. The summed E-state index contributed by atoms with van der Waals surface area (Å²) in [6.45, 7) is 0. The summed E-state index contributed by atoms with van der Waals surface area (Å²) in [5.74, 6) is 2.03. The van der Waals surface area contributed by atoms with Crippen LogP contribution in [0.1, 0.15) is 0 Å². The van der Waals surface area contributed by atoms with Gasteiger partial charge in [-0.25, -0.2) is 0 Å². The van der Waals surface area contributed by atoms with E-state index in [2.05, 4.69) is 0 Å². The molecule has 0 N–H and O–H groups in total. The Kier molecular flexibility index (Phi) is 15.3. The molecule has 0 radical (unpaired) electrons. The van der Waals surface area contributed by atoms with Gasteiger partial charge >= 0.3 is 0 Å². The van der Waals surface area contributed by atoms with Crippen LogP contribution in [-0.4, -0.2) is 42.7 Å². The van der Waals surface area contributed by atoms with Gasteiger partial charge in [-0.05, 0) is 44.3 Å². The summed E-state index contributed by atoms with van der Waals surface area (Å²) in [4.78, 5) is 0. The van der Waals surface area contributed by atoms with Gasteiger partial charge in [0.25, 0.3) is 0 Å². The van der Waals surface area contributed by atoms with E-state index in [0.717, 1.165) is 0 Å². The van der Waals surface area contributed by atoms with Crippen LogP contribution in [0.25, 0.3) is 0 Å². The summed E-state index contributed by atoms with van der Waals surface area (Å²) in [6.07, 6.45) is 0. The maximum atomic E-state index is 17.3. The molecule has 0 heterocycles. The maximum Gasteiger partial charge on any atom is 0.171 e. The van der Waals surface area contributed by atoms with Gasteiger partial charge < -0.3 is 42.1 Å². The standard InChI is InChI=1S/C60H54O9P4/c1-64-49-37-55(58(40-52(49)67-4)71(61,43-25-13-7-14-26-43)44-27-15-8-16-28-44)70(56-38-50(65-2)53(68-5)41-59(56)72(62,45-29-17-9-18-30-45)46-31-19-10-20-32-46)57-39-51(66-3)54(69-6)42-60(57)73(63,47-33-21-11-22-34-47)48-35-23-12-24-36-48/h7-42H,1-6H3. The molecule has 9 rings (SSSR count). The van der Waals surface area contributed by atoms with Gasteiger partial charge in [0, 0.05) is 63.7 Å². The molecule has 0 unspecified atom stereocenters. The number of methoxy groups -OCH3 is 6. The third-order valence-corrected chi connectivity index (χ3v) is 25.3. The van der Waals surface area contributed by atoms with Crippen molar-refractivity contribution >= 4 is 93.0 Å². The second kappa shape index (κ2) is 21.9. The van der Waals surface area contributed by atoms with Gasteiger partial charge in [0.1, 0.15) is 0 Å². The van der Waals surface area contributed by atoms with Gasteiger partial charge in [-0.3, -0.25) is 0 Å². The minimum Gasteiger partial charge on any atom is -0.493 e. The summed E-state index contributed by atoms with van der Waals surface area (Å²) >= 11 is 0. The first-order valence-corrected chi connectivity index (χ1v) is 29.8. The Bertz CT molecular complexity index is 3010. The average Bonchev–Trinajstić information content (AvgIpc) is 3.47. The van der Waals surface area contributed by atoms with Crippen LogP contribution >= 0.6 is 29.3 Å². The lowest BCUT2D eigenvalue weighted by atomic mass is 10.3. The monoisotopic (exact) mass is 1040 g/mol. The first kappa shape index (κ1) is 50.8. The van der Waals surface area contributed by atoms with Gasteiger partial charge in [-0.1, -0.05) is 182 Å². The second-order valence-electron chi connectivity index (χ2n) is 16.8. The third kappa shape index (κ3) is 9.22. The summed E-state index contributed by atoms with van der Waals surface area (Å²) in [5, 5.41) is 6.20. The van der Waals surface area contributed by atoms with Crippen molar-refractivity contribution in [3.8, 4) is 34.5 Å². The first-order chi connectivity index (χ1) is 35.6. The van der Waals surface area contributed by atoms with E-state index in [-0.39, 0.29) is 0 Å². The highest BCUT2D eigenvalue weighted by Crippen LogP contribution is 2.53. The van der Waals surface area contributed by atoms with E-state index in [1.165, 1.54) is 0 Å². The van der Waals surface area contributed by atoms with E-state index in [1.807, 2.05) is 200 Å². The van der Waals surface area contributed by atoms with Crippen molar-refractivity contribution in [2.24, 2.45) is 0 Å². The zero-order valence-corrected chi connectivity index (χ0v) is 44.8. The molecule has 0 aliphatic rings. The van der Waals surface area contributed by atoms with Crippen LogP contribution in [0, 0.1) is 0 Å². The Morgan fingerprint density at radius 3 is 0.589 bits per heavy atom. The minimum atomic E-state index is -3.96. The van der Waals surface area contributed by atoms with Crippen molar-refractivity contribution in [2.45, 2.75) is 0 Å². The van der Waals surface area contributed by atoms with Gasteiger partial charge in [0.15, 0.2) is 55.9 Å². The topological polar surface area (TPSA) is 107 Å². The number of hydrogen-bond acceptors (Lipinski definition) is 9. The first-order valence-electron chi connectivity index (χ1n) is 23.3. The van der Waals surface area contributed by atoms with E-state index in [1.54, 1.807) is 60.9 Å². The molecule has 73 heavy (non-hydrogen) atoms. The smallest absolute Gasteiger partial charge is 0.171 e. The van der Waals surface area contributed by atoms with Crippen molar-refractivity contribution in [3.05, 3.63) is 218 Å². The van der Waals surface area contributed by atoms with Crippen LogP contribution in [0.2, 0.25) is 0 Å². The number of rotatable bonds is 18. The normalized spacial score (nSPS) is 11.7. The van der Waals surface area contributed by atoms with Crippen LogP contribution < -0.4 is 92.1 Å². The molecule has 0 atom stereocenters. The summed E-state index contributed by atoms with van der Waals surface area (Å²) in [6, 6.07) is 67.3. The molecular formula is C60H54O9P4. The molecule has 0 spiro atoms. The van der Waals surface area contributed by atoms with Crippen molar-refractivity contribution < 1.29 is 42.1 Å². The Morgan fingerprint density at radius 1 is 0.260 bits per heavy atom. The lowest BCUT2D eigenvalue weighted by Gasteiger charge is -2.34. The molecule has 9 aromatic rings. The Labute approximate surface area is 428 Å². The predicted molar refractivity (Wildman–Crippen MR) is 303 cm³/mol. The average molecular weight is 1040 g/mol.